The summed E-state index contributed by atoms with van der Waals surface area (Å²) >= 11 is 0. The first-order valence-electron chi connectivity index (χ1n) is 5.70. The second-order valence-corrected chi connectivity index (χ2v) is 5.86. The normalized spacial score (nSPS) is 14.6. The van der Waals surface area contributed by atoms with Crippen molar-refractivity contribution in [3.05, 3.63) is 0 Å². The van der Waals surface area contributed by atoms with Crippen LogP contribution in [0, 0.1) is 5.92 Å². The fourth-order valence-electron chi connectivity index (χ4n) is 2.86. The zero-order valence-corrected chi connectivity index (χ0v) is 12.3. The van der Waals surface area contributed by atoms with Gasteiger partial charge in [0.1, 0.15) is 0 Å². The first kappa shape index (κ1) is 15.9. The summed E-state index contributed by atoms with van der Waals surface area (Å²) in [5.74, 6) is 0.104. The molecule has 0 aliphatic carbocycles. The molecular weight excluding hydrogens is 204 g/mol. The van der Waals surface area contributed by atoms with Gasteiger partial charge in [0.2, 0.25) is 0 Å². The van der Waals surface area contributed by atoms with Crippen LogP contribution in [0.5, 0.6) is 0 Å². The lowest BCUT2D eigenvalue weighted by Crippen LogP contribution is -2.58. The Morgan fingerprint density at radius 2 is 0.750 bits per heavy atom. The SMILES string of the molecule is COC(C)(C)C(C(C)(C)OC)C(C)(C)OC. The van der Waals surface area contributed by atoms with E-state index in [0.29, 0.717) is 0 Å². The molecule has 0 aromatic heterocycles. The van der Waals surface area contributed by atoms with Crippen LogP contribution in [-0.2, 0) is 14.2 Å². The molecule has 0 saturated carbocycles. The third-order valence-corrected chi connectivity index (χ3v) is 3.66. The highest BCUT2D eigenvalue weighted by Gasteiger charge is 2.50. The average molecular weight is 232 g/mol. The van der Waals surface area contributed by atoms with Crippen LogP contribution in [0.2, 0.25) is 0 Å². The van der Waals surface area contributed by atoms with Gasteiger partial charge in [-0.2, -0.15) is 0 Å². The number of methoxy groups -OCH3 is 3. The highest BCUT2D eigenvalue weighted by Crippen LogP contribution is 2.41. The van der Waals surface area contributed by atoms with E-state index in [4.69, 9.17) is 14.2 Å². The van der Waals surface area contributed by atoms with Crippen molar-refractivity contribution in [3.8, 4) is 0 Å². The number of hydrogen-bond donors (Lipinski definition) is 0. The largest absolute Gasteiger partial charge is 0.378 e. The molecule has 0 unspecified atom stereocenters. The van der Waals surface area contributed by atoms with Crippen molar-refractivity contribution in [2.45, 2.75) is 58.3 Å². The third-order valence-electron chi connectivity index (χ3n) is 3.66. The summed E-state index contributed by atoms with van der Waals surface area (Å²) in [5.41, 5.74) is -0.961. The summed E-state index contributed by atoms with van der Waals surface area (Å²) in [7, 11) is 5.18. The molecule has 0 amide bonds. The smallest absolute Gasteiger partial charge is 0.0705 e. The molecule has 0 aromatic rings. The predicted octanol–water partition coefficient (Wildman–Crippen LogP) is 2.88. The number of hydrogen-bond acceptors (Lipinski definition) is 3. The Morgan fingerprint density at radius 3 is 0.875 bits per heavy atom. The van der Waals surface area contributed by atoms with Gasteiger partial charge in [0.15, 0.2) is 0 Å². The van der Waals surface area contributed by atoms with Gasteiger partial charge in [0, 0.05) is 27.2 Å². The highest BCUT2D eigenvalue weighted by molar-refractivity contribution is 5.00. The molecule has 0 aromatic carbocycles. The fraction of sp³-hybridized carbons (Fsp3) is 1.00. The highest BCUT2D eigenvalue weighted by atomic mass is 16.5. The van der Waals surface area contributed by atoms with Crippen LogP contribution in [0.25, 0.3) is 0 Å². The minimum Gasteiger partial charge on any atom is -0.378 e. The maximum atomic E-state index is 5.62. The van der Waals surface area contributed by atoms with Gasteiger partial charge in [-0.1, -0.05) is 0 Å². The van der Waals surface area contributed by atoms with Gasteiger partial charge < -0.3 is 14.2 Å². The van der Waals surface area contributed by atoms with Crippen LogP contribution in [-0.4, -0.2) is 38.1 Å². The van der Waals surface area contributed by atoms with Crippen LogP contribution in [0.15, 0.2) is 0 Å². The summed E-state index contributed by atoms with van der Waals surface area (Å²) in [6, 6.07) is 0. The van der Waals surface area contributed by atoms with Crippen molar-refractivity contribution in [1.29, 1.82) is 0 Å². The molecule has 0 atom stereocenters. The lowest BCUT2D eigenvalue weighted by molar-refractivity contribution is -0.200. The van der Waals surface area contributed by atoms with E-state index in [0.717, 1.165) is 0 Å². The third kappa shape index (κ3) is 3.19. The van der Waals surface area contributed by atoms with Gasteiger partial charge in [-0.05, 0) is 41.5 Å². The van der Waals surface area contributed by atoms with Crippen molar-refractivity contribution in [2.75, 3.05) is 21.3 Å². The first-order valence-corrected chi connectivity index (χ1v) is 5.70. The Balaban J connectivity index is 5.40. The molecule has 0 heterocycles. The zero-order chi connectivity index (χ0) is 13.2. The molecule has 0 saturated heterocycles. The monoisotopic (exact) mass is 232 g/mol. The topological polar surface area (TPSA) is 27.7 Å². The molecule has 3 heteroatoms. The maximum Gasteiger partial charge on any atom is 0.0705 e. The quantitative estimate of drug-likeness (QED) is 0.705. The van der Waals surface area contributed by atoms with E-state index in [1.165, 1.54) is 0 Å². The van der Waals surface area contributed by atoms with E-state index in [9.17, 15) is 0 Å². The molecule has 3 nitrogen and oxygen atoms in total. The van der Waals surface area contributed by atoms with Gasteiger partial charge >= 0.3 is 0 Å². The zero-order valence-electron chi connectivity index (χ0n) is 12.3. The summed E-state index contributed by atoms with van der Waals surface area (Å²) in [6.45, 7) is 12.4. The Labute approximate surface area is 100 Å². The molecule has 0 bridgehead atoms. The molecule has 0 spiro atoms. The van der Waals surface area contributed by atoms with Crippen molar-refractivity contribution in [3.63, 3.8) is 0 Å². The standard InChI is InChI=1S/C13H28O3/c1-11(2,14-7)10(12(3,4)15-8)13(5,6)16-9/h10H,1-9H3. The predicted molar refractivity (Wildman–Crippen MR) is 66.8 cm³/mol. The van der Waals surface area contributed by atoms with E-state index in [-0.39, 0.29) is 22.7 Å². The second kappa shape index (κ2) is 5.03. The van der Waals surface area contributed by atoms with Crippen LogP contribution >= 0.6 is 0 Å². The van der Waals surface area contributed by atoms with Crippen molar-refractivity contribution in [1.82, 2.24) is 0 Å². The minimum atomic E-state index is -0.320. The van der Waals surface area contributed by atoms with Crippen LogP contribution in [0.4, 0.5) is 0 Å². The summed E-state index contributed by atoms with van der Waals surface area (Å²) in [4.78, 5) is 0. The molecule has 0 rings (SSSR count). The molecule has 98 valence electrons. The number of ether oxygens (including phenoxy) is 3. The van der Waals surface area contributed by atoms with Gasteiger partial charge in [0.05, 0.1) is 16.8 Å². The molecule has 0 fully saturated rings. The van der Waals surface area contributed by atoms with Gasteiger partial charge in [0.25, 0.3) is 0 Å². The van der Waals surface area contributed by atoms with Gasteiger partial charge in [-0.3, -0.25) is 0 Å². The van der Waals surface area contributed by atoms with E-state index in [2.05, 4.69) is 41.5 Å². The van der Waals surface area contributed by atoms with E-state index >= 15 is 0 Å². The second-order valence-electron chi connectivity index (χ2n) is 5.86. The first-order chi connectivity index (χ1) is 7.05. The van der Waals surface area contributed by atoms with Crippen molar-refractivity contribution < 1.29 is 14.2 Å². The summed E-state index contributed by atoms with van der Waals surface area (Å²) in [6.07, 6.45) is 0. The summed E-state index contributed by atoms with van der Waals surface area (Å²) in [5, 5.41) is 0. The molecule has 0 aliphatic rings. The Bertz CT molecular complexity index is 181. The summed E-state index contributed by atoms with van der Waals surface area (Å²) < 4.78 is 16.8. The Kier molecular flexibility index (Phi) is 4.99. The Morgan fingerprint density at radius 1 is 0.562 bits per heavy atom. The molecule has 0 N–H and O–H groups in total. The van der Waals surface area contributed by atoms with E-state index in [1.54, 1.807) is 21.3 Å². The van der Waals surface area contributed by atoms with Crippen molar-refractivity contribution in [2.24, 2.45) is 5.92 Å². The van der Waals surface area contributed by atoms with Crippen LogP contribution in [0.1, 0.15) is 41.5 Å². The van der Waals surface area contributed by atoms with Crippen LogP contribution < -0.4 is 0 Å². The minimum absolute atomic E-state index is 0.104. The Hall–Kier alpha value is -0.120. The lowest BCUT2D eigenvalue weighted by Gasteiger charge is -2.50. The van der Waals surface area contributed by atoms with Gasteiger partial charge in [-0.15, -0.1) is 0 Å². The van der Waals surface area contributed by atoms with Crippen LogP contribution in [0.3, 0.4) is 0 Å². The molecule has 16 heavy (non-hydrogen) atoms. The molecule has 0 aliphatic heterocycles. The fourth-order valence-corrected chi connectivity index (χ4v) is 2.86. The lowest BCUT2D eigenvalue weighted by atomic mass is 9.69. The van der Waals surface area contributed by atoms with E-state index < -0.39 is 0 Å². The molecular formula is C13H28O3. The van der Waals surface area contributed by atoms with E-state index in [1.807, 2.05) is 0 Å². The average Bonchev–Trinajstić information content (AvgIpc) is 2.16. The maximum absolute atomic E-state index is 5.62. The van der Waals surface area contributed by atoms with Gasteiger partial charge in [-0.25, -0.2) is 0 Å². The molecule has 0 radical (unpaired) electrons. The van der Waals surface area contributed by atoms with Crippen molar-refractivity contribution >= 4 is 0 Å². The number of rotatable bonds is 6.